The minimum atomic E-state index is 0.301. The molecule has 0 bridgehead atoms. The van der Waals surface area contributed by atoms with E-state index in [1.54, 1.807) is 0 Å². The number of rotatable bonds is 7. The molecular formula is C12H25ClO. The fraction of sp³-hybridized carbons (Fsp3) is 1.00. The van der Waals surface area contributed by atoms with E-state index in [1.807, 2.05) is 0 Å². The quantitative estimate of drug-likeness (QED) is 0.464. The molecule has 0 spiro atoms. The minimum absolute atomic E-state index is 0.301. The highest BCUT2D eigenvalue weighted by molar-refractivity contribution is 6.18. The highest BCUT2D eigenvalue weighted by Gasteiger charge is 2.23. The predicted octanol–water partition coefficient (Wildman–Crippen LogP) is 4.09. The SMILES string of the molecule is CCCCOCCC(CCl)C(C)(C)C. The van der Waals surface area contributed by atoms with E-state index >= 15 is 0 Å². The van der Waals surface area contributed by atoms with Gasteiger partial charge >= 0.3 is 0 Å². The van der Waals surface area contributed by atoms with E-state index in [4.69, 9.17) is 16.3 Å². The molecule has 1 unspecified atom stereocenters. The Kier molecular flexibility index (Phi) is 7.66. The molecule has 0 radical (unpaired) electrons. The number of alkyl halides is 1. The maximum Gasteiger partial charge on any atom is 0.0469 e. The van der Waals surface area contributed by atoms with Crippen LogP contribution in [0.1, 0.15) is 47.0 Å². The topological polar surface area (TPSA) is 9.23 Å². The second kappa shape index (κ2) is 7.53. The number of hydrogen-bond acceptors (Lipinski definition) is 1. The minimum Gasteiger partial charge on any atom is -0.381 e. The molecule has 0 aromatic carbocycles. The van der Waals surface area contributed by atoms with E-state index < -0.39 is 0 Å². The maximum absolute atomic E-state index is 5.94. The molecule has 0 aliphatic heterocycles. The summed E-state index contributed by atoms with van der Waals surface area (Å²) in [5.41, 5.74) is 0.301. The number of unbranched alkanes of at least 4 members (excludes halogenated alkanes) is 1. The molecule has 0 N–H and O–H groups in total. The van der Waals surface area contributed by atoms with Crippen molar-refractivity contribution in [3.8, 4) is 0 Å². The van der Waals surface area contributed by atoms with Crippen LogP contribution in [-0.2, 0) is 4.74 Å². The van der Waals surface area contributed by atoms with Gasteiger partial charge in [-0.2, -0.15) is 0 Å². The Labute approximate surface area is 94.2 Å². The van der Waals surface area contributed by atoms with Gasteiger partial charge in [0.05, 0.1) is 0 Å². The summed E-state index contributed by atoms with van der Waals surface area (Å²) >= 11 is 5.94. The van der Waals surface area contributed by atoms with E-state index in [0.29, 0.717) is 11.3 Å². The van der Waals surface area contributed by atoms with E-state index in [-0.39, 0.29) is 0 Å². The first kappa shape index (κ1) is 14.2. The molecule has 0 saturated carbocycles. The Hall–Kier alpha value is 0.250. The van der Waals surface area contributed by atoms with Crippen molar-refractivity contribution in [3.05, 3.63) is 0 Å². The summed E-state index contributed by atoms with van der Waals surface area (Å²) in [4.78, 5) is 0. The van der Waals surface area contributed by atoms with E-state index in [0.717, 1.165) is 25.5 Å². The summed E-state index contributed by atoms with van der Waals surface area (Å²) in [6.45, 7) is 10.7. The Morgan fingerprint density at radius 2 is 1.86 bits per heavy atom. The highest BCUT2D eigenvalue weighted by Crippen LogP contribution is 2.29. The zero-order chi connectivity index (χ0) is 11.0. The Morgan fingerprint density at radius 1 is 1.21 bits per heavy atom. The summed E-state index contributed by atoms with van der Waals surface area (Å²) < 4.78 is 5.54. The fourth-order valence-electron chi connectivity index (χ4n) is 1.32. The molecule has 0 fully saturated rings. The van der Waals surface area contributed by atoms with Gasteiger partial charge in [-0.25, -0.2) is 0 Å². The van der Waals surface area contributed by atoms with Crippen molar-refractivity contribution < 1.29 is 4.74 Å². The molecular weight excluding hydrogens is 196 g/mol. The van der Waals surface area contributed by atoms with Crippen LogP contribution >= 0.6 is 11.6 Å². The van der Waals surface area contributed by atoms with Crippen molar-refractivity contribution >= 4 is 11.6 Å². The second-order valence-corrected chi connectivity index (χ2v) is 5.28. The molecule has 0 aromatic rings. The Balaban J connectivity index is 3.54. The number of halogens is 1. The summed E-state index contributed by atoms with van der Waals surface area (Å²) in [5.74, 6) is 1.30. The normalized spacial score (nSPS) is 14.4. The van der Waals surface area contributed by atoms with Crippen LogP contribution in [0.5, 0.6) is 0 Å². The van der Waals surface area contributed by atoms with Gasteiger partial charge < -0.3 is 4.74 Å². The average Bonchev–Trinajstić information content (AvgIpc) is 2.09. The van der Waals surface area contributed by atoms with Gasteiger partial charge in [0.1, 0.15) is 0 Å². The largest absolute Gasteiger partial charge is 0.381 e. The first-order chi connectivity index (χ1) is 6.52. The molecule has 1 atom stereocenters. The molecule has 0 aliphatic rings. The van der Waals surface area contributed by atoms with Crippen LogP contribution < -0.4 is 0 Å². The smallest absolute Gasteiger partial charge is 0.0469 e. The lowest BCUT2D eigenvalue weighted by atomic mass is 9.80. The van der Waals surface area contributed by atoms with Gasteiger partial charge in [-0.3, -0.25) is 0 Å². The van der Waals surface area contributed by atoms with Crippen molar-refractivity contribution in [2.45, 2.75) is 47.0 Å². The van der Waals surface area contributed by atoms with E-state index in [1.165, 1.54) is 12.8 Å². The van der Waals surface area contributed by atoms with Crippen molar-refractivity contribution in [3.63, 3.8) is 0 Å². The first-order valence-corrected chi connectivity index (χ1v) is 6.19. The summed E-state index contributed by atoms with van der Waals surface area (Å²) in [7, 11) is 0. The molecule has 0 aromatic heterocycles. The third-order valence-corrected chi connectivity index (χ3v) is 3.04. The standard InChI is InChI=1S/C12H25ClO/c1-5-6-8-14-9-7-11(10-13)12(2,3)4/h11H,5-10H2,1-4H3. The molecule has 86 valence electrons. The fourth-order valence-corrected chi connectivity index (χ4v) is 1.93. The molecule has 0 amide bonds. The van der Waals surface area contributed by atoms with Crippen molar-refractivity contribution in [2.24, 2.45) is 11.3 Å². The van der Waals surface area contributed by atoms with Crippen LogP contribution in [0.15, 0.2) is 0 Å². The van der Waals surface area contributed by atoms with Crippen molar-refractivity contribution in [2.75, 3.05) is 19.1 Å². The summed E-state index contributed by atoms with van der Waals surface area (Å²) in [5, 5.41) is 0. The molecule has 0 saturated heterocycles. The molecule has 1 nitrogen and oxygen atoms in total. The van der Waals surface area contributed by atoms with Crippen LogP contribution in [0.3, 0.4) is 0 Å². The Bertz CT molecular complexity index is 129. The van der Waals surface area contributed by atoms with E-state index in [9.17, 15) is 0 Å². The number of hydrogen-bond donors (Lipinski definition) is 0. The van der Waals surface area contributed by atoms with Crippen LogP contribution in [0, 0.1) is 11.3 Å². The van der Waals surface area contributed by atoms with Gasteiger partial charge in [-0.05, 0) is 24.2 Å². The molecule has 2 heteroatoms. The maximum atomic E-state index is 5.94. The van der Waals surface area contributed by atoms with Crippen LogP contribution in [0.2, 0.25) is 0 Å². The van der Waals surface area contributed by atoms with Crippen molar-refractivity contribution in [1.82, 2.24) is 0 Å². The van der Waals surface area contributed by atoms with Gasteiger partial charge in [0.15, 0.2) is 0 Å². The Morgan fingerprint density at radius 3 is 2.29 bits per heavy atom. The molecule has 0 aliphatic carbocycles. The highest BCUT2D eigenvalue weighted by atomic mass is 35.5. The average molecular weight is 221 g/mol. The summed E-state index contributed by atoms with van der Waals surface area (Å²) in [6, 6.07) is 0. The predicted molar refractivity (Wildman–Crippen MR) is 64.0 cm³/mol. The van der Waals surface area contributed by atoms with Crippen LogP contribution in [0.25, 0.3) is 0 Å². The van der Waals surface area contributed by atoms with Crippen LogP contribution in [-0.4, -0.2) is 19.1 Å². The third kappa shape index (κ3) is 6.67. The third-order valence-electron chi connectivity index (χ3n) is 2.66. The molecule has 0 heterocycles. The first-order valence-electron chi connectivity index (χ1n) is 5.66. The summed E-state index contributed by atoms with van der Waals surface area (Å²) in [6.07, 6.45) is 3.45. The zero-order valence-electron chi connectivity index (χ0n) is 10.1. The number of ether oxygens (including phenoxy) is 1. The zero-order valence-corrected chi connectivity index (χ0v) is 10.9. The van der Waals surface area contributed by atoms with Gasteiger partial charge in [0.2, 0.25) is 0 Å². The molecule has 14 heavy (non-hydrogen) atoms. The lowest BCUT2D eigenvalue weighted by Crippen LogP contribution is -2.23. The van der Waals surface area contributed by atoms with Crippen LogP contribution in [0.4, 0.5) is 0 Å². The lowest BCUT2D eigenvalue weighted by molar-refractivity contribution is 0.101. The lowest BCUT2D eigenvalue weighted by Gasteiger charge is -2.28. The van der Waals surface area contributed by atoms with E-state index in [2.05, 4.69) is 27.7 Å². The monoisotopic (exact) mass is 220 g/mol. The van der Waals surface area contributed by atoms with Gasteiger partial charge in [0.25, 0.3) is 0 Å². The van der Waals surface area contributed by atoms with Gasteiger partial charge in [0, 0.05) is 19.1 Å². The van der Waals surface area contributed by atoms with Gasteiger partial charge in [-0.15, -0.1) is 11.6 Å². The second-order valence-electron chi connectivity index (χ2n) is 4.97. The van der Waals surface area contributed by atoms with Gasteiger partial charge in [-0.1, -0.05) is 34.1 Å². The molecule has 0 rings (SSSR count). The van der Waals surface area contributed by atoms with Crippen molar-refractivity contribution in [1.29, 1.82) is 0 Å².